The minimum atomic E-state index is -0.244. The topological polar surface area (TPSA) is 75.0 Å². The third-order valence-electron chi connectivity index (χ3n) is 2.99. The average molecular weight is 281 g/mol. The van der Waals surface area contributed by atoms with E-state index in [4.69, 9.17) is 10.00 Å². The van der Waals surface area contributed by atoms with Crippen molar-refractivity contribution in [2.45, 2.75) is 13.5 Å². The van der Waals surface area contributed by atoms with E-state index in [0.717, 1.165) is 11.1 Å². The number of hydrogen-bond donors (Lipinski definition) is 1. The minimum absolute atomic E-state index is 0.127. The molecule has 106 valence electrons. The quantitative estimate of drug-likeness (QED) is 0.909. The maximum atomic E-state index is 11.8. The lowest BCUT2D eigenvalue weighted by Gasteiger charge is -2.09. The number of carbonyl (C=O) groups excluding carboxylic acids is 1. The Bertz CT molecular complexity index is 677. The number of amides is 1. The van der Waals surface area contributed by atoms with E-state index >= 15 is 0 Å². The molecule has 0 unspecified atom stereocenters. The summed E-state index contributed by atoms with van der Waals surface area (Å²) in [5.74, 6) is 0.165. The molecule has 0 atom stereocenters. The van der Waals surface area contributed by atoms with Crippen LogP contribution in [0.4, 0.5) is 0 Å². The van der Waals surface area contributed by atoms with Crippen LogP contribution >= 0.6 is 0 Å². The highest BCUT2D eigenvalue weighted by atomic mass is 16.5. The molecule has 21 heavy (non-hydrogen) atoms. The third kappa shape index (κ3) is 4.05. The summed E-state index contributed by atoms with van der Waals surface area (Å²) in [6, 6.07) is 10.7. The van der Waals surface area contributed by atoms with Crippen molar-refractivity contribution in [3.8, 4) is 11.8 Å². The Hall–Kier alpha value is -2.87. The predicted octanol–water partition coefficient (Wildman–Crippen LogP) is 1.96. The number of para-hydroxylation sites is 1. The van der Waals surface area contributed by atoms with Crippen LogP contribution in [-0.2, 0) is 11.3 Å². The van der Waals surface area contributed by atoms with E-state index in [9.17, 15) is 4.79 Å². The Labute approximate surface area is 123 Å². The molecule has 0 fully saturated rings. The van der Waals surface area contributed by atoms with Gasteiger partial charge in [-0.3, -0.25) is 9.78 Å². The lowest BCUT2D eigenvalue weighted by Crippen LogP contribution is -2.28. The van der Waals surface area contributed by atoms with Crippen molar-refractivity contribution < 1.29 is 9.53 Å². The summed E-state index contributed by atoms with van der Waals surface area (Å²) >= 11 is 0. The van der Waals surface area contributed by atoms with Gasteiger partial charge in [0.15, 0.2) is 6.61 Å². The molecule has 1 aromatic carbocycles. The number of carbonyl (C=O) groups is 1. The summed E-state index contributed by atoms with van der Waals surface area (Å²) in [5, 5.41) is 11.7. The molecule has 0 saturated carbocycles. The zero-order valence-electron chi connectivity index (χ0n) is 11.7. The minimum Gasteiger partial charge on any atom is -0.482 e. The number of nitrogens with zero attached hydrogens (tertiary/aromatic N) is 2. The normalized spacial score (nSPS) is 9.71. The van der Waals surface area contributed by atoms with Gasteiger partial charge in [-0.15, -0.1) is 0 Å². The van der Waals surface area contributed by atoms with Crippen molar-refractivity contribution in [2.75, 3.05) is 6.61 Å². The first kappa shape index (κ1) is 14.5. The molecular weight excluding hydrogens is 266 g/mol. The van der Waals surface area contributed by atoms with Gasteiger partial charge in [0.2, 0.25) is 0 Å². The number of rotatable bonds is 5. The van der Waals surface area contributed by atoms with E-state index in [0.29, 0.717) is 17.9 Å². The molecule has 0 aliphatic heterocycles. The fraction of sp³-hybridized carbons (Fsp3) is 0.188. The van der Waals surface area contributed by atoms with Gasteiger partial charge in [-0.1, -0.05) is 12.1 Å². The zero-order chi connectivity index (χ0) is 15.1. The van der Waals surface area contributed by atoms with Gasteiger partial charge in [0.25, 0.3) is 5.91 Å². The van der Waals surface area contributed by atoms with Crippen LogP contribution < -0.4 is 10.1 Å². The predicted molar refractivity (Wildman–Crippen MR) is 77.5 cm³/mol. The van der Waals surface area contributed by atoms with E-state index in [2.05, 4.69) is 10.3 Å². The van der Waals surface area contributed by atoms with Crippen LogP contribution in [0.15, 0.2) is 42.7 Å². The molecule has 2 aromatic rings. The smallest absolute Gasteiger partial charge is 0.258 e. The standard InChI is InChI=1S/C16H15N3O2/c1-12-6-7-18-9-14(12)10-19-16(20)11-21-15-5-3-2-4-13(15)8-17/h2-7,9H,10-11H2,1H3,(H,19,20). The molecule has 1 heterocycles. The van der Waals surface area contributed by atoms with Crippen molar-refractivity contribution in [1.29, 1.82) is 5.26 Å². The summed E-state index contributed by atoms with van der Waals surface area (Å²) in [4.78, 5) is 15.8. The SMILES string of the molecule is Cc1ccncc1CNC(=O)COc1ccccc1C#N. The van der Waals surface area contributed by atoms with Crippen LogP contribution in [0, 0.1) is 18.3 Å². The van der Waals surface area contributed by atoms with E-state index in [1.807, 2.05) is 19.1 Å². The Morgan fingerprint density at radius 2 is 2.19 bits per heavy atom. The van der Waals surface area contributed by atoms with Gasteiger partial charge in [-0.25, -0.2) is 0 Å². The molecule has 5 nitrogen and oxygen atoms in total. The number of aromatic nitrogens is 1. The monoisotopic (exact) mass is 281 g/mol. The van der Waals surface area contributed by atoms with Gasteiger partial charge < -0.3 is 10.1 Å². The molecule has 0 spiro atoms. The van der Waals surface area contributed by atoms with Crippen molar-refractivity contribution in [1.82, 2.24) is 10.3 Å². The van der Waals surface area contributed by atoms with Gasteiger partial charge in [0.05, 0.1) is 5.56 Å². The maximum Gasteiger partial charge on any atom is 0.258 e. The maximum absolute atomic E-state index is 11.8. The van der Waals surface area contributed by atoms with Crippen molar-refractivity contribution in [3.05, 3.63) is 59.4 Å². The lowest BCUT2D eigenvalue weighted by molar-refractivity contribution is -0.123. The summed E-state index contributed by atoms with van der Waals surface area (Å²) < 4.78 is 5.36. The molecule has 0 aliphatic rings. The molecule has 0 radical (unpaired) electrons. The first-order chi connectivity index (χ1) is 10.2. The highest BCUT2D eigenvalue weighted by molar-refractivity contribution is 5.77. The molecule has 1 amide bonds. The van der Waals surface area contributed by atoms with Crippen LogP contribution in [0.1, 0.15) is 16.7 Å². The van der Waals surface area contributed by atoms with Crippen molar-refractivity contribution in [2.24, 2.45) is 0 Å². The van der Waals surface area contributed by atoms with Crippen LogP contribution in [0.2, 0.25) is 0 Å². The highest BCUT2D eigenvalue weighted by Gasteiger charge is 2.06. The second kappa shape index (κ2) is 7.06. The van der Waals surface area contributed by atoms with E-state index in [1.54, 1.807) is 36.7 Å². The van der Waals surface area contributed by atoms with Gasteiger partial charge in [-0.2, -0.15) is 5.26 Å². The Morgan fingerprint density at radius 1 is 1.38 bits per heavy atom. The Balaban J connectivity index is 1.86. The molecular formula is C16H15N3O2. The van der Waals surface area contributed by atoms with Crippen LogP contribution in [-0.4, -0.2) is 17.5 Å². The van der Waals surface area contributed by atoms with Crippen LogP contribution in [0.3, 0.4) is 0 Å². The first-order valence-corrected chi connectivity index (χ1v) is 6.49. The number of pyridine rings is 1. The largest absolute Gasteiger partial charge is 0.482 e. The molecule has 1 aromatic heterocycles. The van der Waals surface area contributed by atoms with Gasteiger partial charge in [-0.05, 0) is 36.2 Å². The number of nitriles is 1. The van der Waals surface area contributed by atoms with Crippen LogP contribution in [0.25, 0.3) is 0 Å². The highest BCUT2D eigenvalue weighted by Crippen LogP contribution is 2.16. The summed E-state index contributed by atoms with van der Waals surface area (Å²) in [6.07, 6.45) is 3.43. The second-order valence-corrected chi connectivity index (χ2v) is 4.48. The Kier molecular flexibility index (Phi) is 4.89. The molecule has 2 rings (SSSR count). The van der Waals surface area contributed by atoms with E-state index in [1.165, 1.54) is 0 Å². The molecule has 0 saturated heterocycles. The van der Waals surface area contributed by atoms with E-state index < -0.39 is 0 Å². The number of nitrogens with one attached hydrogen (secondary N) is 1. The molecule has 5 heteroatoms. The summed E-state index contributed by atoms with van der Waals surface area (Å²) in [6.45, 7) is 2.24. The third-order valence-corrected chi connectivity index (χ3v) is 2.99. The number of benzene rings is 1. The van der Waals surface area contributed by atoms with Crippen molar-refractivity contribution in [3.63, 3.8) is 0 Å². The van der Waals surface area contributed by atoms with Gasteiger partial charge in [0.1, 0.15) is 11.8 Å². The fourth-order valence-corrected chi connectivity index (χ4v) is 1.75. The molecule has 0 aliphatic carbocycles. The number of ether oxygens (including phenoxy) is 1. The molecule has 1 N–H and O–H groups in total. The average Bonchev–Trinajstić information content (AvgIpc) is 2.52. The zero-order valence-corrected chi connectivity index (χ0v) is 11.7. The van der Waals surface area contributed by atoms with E-state index in [-0.39, 0.29) is 12.5 Å². The van der Waals surface area contributed by atoms with Crippen molar-refractivity contribution >= 4 is 5.91 Å². The van der Waals surface area contributed by atoms with Gasteiger partial charge in [0, 0.05) is 18.9 Å². The molecule has 0 bridgehead atoms. The van der Waals surface area contributed by atoms with Crippen LogP contribution in [0.5, 0.6) is 5.75 Å². The Morgan fingerprint density at radius 3 is 2.95 bits per heavy atom. The summed E-state index contributed by atoms with van der Waals surface area (Å²) in [7, 11) is 0. The summed E-state index contributed by atoms with van der Waals surface area (Å²) in [5.41, 5.74) is 2.44. The first-order valence-electron chi connectivity index (χ1n) is 6.49. The second-order valence-electron chi connectivity index (χ2n) is 4.48. The fourth-order valence-electron chi connectivity index (χ4n) is 1.75. The number of hydrogen-bond acceptors (Lipinski definition) is 4. The number of aryl methyl sites for hydroxylation is 1. The lowest BCUT2D eigenvalue weighted by atomic mass is 10.1. The van der Waals surface area contributed by atoms with Gasteiger partial charge >= 0.3 is 0 Å².